The molecule has 1 aromatic heterocycles. The highest BCUT2D eigenvalue weighted by atomic mass is 16.5. The van der Waals surface area contributed by atoms with Crippen LogP contribution in [0.2, 0.25) is 0 Å². The lowest BCUT2D eigenvalue weighted by molar-refractivity contribution is -0.613. The Morgan fingerprint density at radius 1 is 1.88 bits per heavy atom. The van der Waals surface area contributed by atoms with Crippen molar-refractivity contribution in [1.29, 1.82) is 0 Å². The summed E-state index contributed by atoms with van der Waals surface area (Å²) in [6.45, 7) is 1.52. The zero-order valence-corrected chi connectivity index (χ0v) is 4.40. The Bertz CT molecular complexity index is 174. The molecule has 0 bridgehead atoms. The van der Waals surface area contributed by atoms with Crippen LogP contribution in [0.4, 0.5) is 0 Å². The normalized spacial score (nSPS) is 9.62. The monoisotopic (exact) mass is 114 g/mol. The predicted molar refractivity (Wildman–Crippen MR) is 25.3 cm³/mol. The first kappa shape index (κ1) is 4.96. The summed E-state index contributed by atoms with van der Waals surface area (Å²) >= 11 is 0. The fourth-order valence-electron chi connectivity index (χ4n) is 0.440. The summed E-state index contributed by atoms with van der Waals surface area (Å²) in [5.74, 6) is 0.269. The number of hydrogen-bond donors (Lipinski definition) is 1. The molecule has 1 rings (SSSR count). The van der Waals surface area contributed by atoms with Crippen molar-refractivity contribution in [2.24, 2.45) is 0 Å². The lowest BCUT2D eigenvalue weighted by Crippen LogP contribution is -2.27. The highest BCUT2D eigenvalue weighted by molar-refractivity contribution is 4.74. The first-order valence-corrected chi connectivity index (χ1v) is 2.18. The maximum Gasteiger partial charge on any atom is 0.296 e. The zero-order valence-electron chi connectivity index (χ0n) is 4.40. The largest absolute Gasteiger partial charge is 0.711 e. The molecule has 0 aliphatic heterocycles. The third-order valence-electron chi connectivity index (χ3n) is 0.994. The van der Waals surface area contributed by atoms with E-state index in [4.69, 9.17) is 5.21 Å². The van der Waals surface area contributed by atoms with Crippen LogP contribution in [0.3, 0.4) is 0 Å². The molecule has 0 aliphatic rings. The van der Waals surface area contributed by atoms with Gasteiger partial charge in [0.1, 0.15) is 6.20 Å². The van der Waals surface area contributed by atoms with E-state index in [1.165, 1.54) is 19.3 Å². The van der Waals surface area contributed by atoms with Crippen molar-refractivity contribution >= 4 is 0 Å². The second-order valence-corrected chi connectivity index (χ2v) is 1.52. The van der Waals surface area contributed by atoms with Crippen molar-refractivity contribution in [3.8, 4) is 0 Å². The van der Waals surface area contributed by atoms with Crippen LogP contribution in [0.1, 0.15) is 5.82 Å². The predicted octanol–water partition coefficient (Wildman–Crippen LogP) is -0.333. The number of hydrogen-bond acceptors (Lipinski definition) is 2. The average molecular weight is 114 g/mol. The van der Waals surface area contributed by atoms with Gasteiger partial charge in [-0.1, -0.05) is 4.73 Å². The van der Waals surface area contributed by atoms with Gasteiger partial charge in [-0.3, -0.25) is 0 Å². The minimum absolute atomic E-state index is 0.269. The first-order chi connectivity index (χ1) is 3.72. The van der Waals surface area contributed by atoms with Crippen molar-refractivity contribution in [3.05, 3.63) is 23.4 Å². The molecule has 4 nitrogen and oxygen atoms in total. The van der Waals surface area contributed by atoms with Gasteiger partial charge in [-0.15, -0.1) is 0 Å². The van der Waals surface area contributed by atoms with Gasteiger partial charge in [0, 0.05) is 6.92 Å². The fraction of sp³-hybridized carbons (Fsp3) is 0.250. The fourth-order valence-corrected chi connectivity index (χ4v) is 0.440. The van der Waals surface area contributed by atoms with Crippen LogP contribution in [0.5, 0.6) is 0 Å². The quantitative estimate of drug-likeness (QED) is 0.285. The van der Waals surface area contributed by atoms with E-state index >= 15 is 0 Å². The van der Waals surface area contributed by atoms with Crippen molar-refractivity contribution in [2.45, 2.75) is 6.92 Å². The molecule has 0 saturated carbocycles. The van der Waals surface area contributed by atoms with Gasteiger partial charge in [-0.05, 0) is 0 Å². The van der Waals surface area contributed by atoms with Crippen molar-refractivity contribution in [3.63, 3.8) is 0 Å². The summed E-state index contributed by atoms with van der Waals surface area (Å²) < 4.78 is 1.35. The second-order valence-electron chi connectivity index (χ2n) is 1.52. The van der Waals surface area contributed by atoms with Gasteiger partial charge in [-0.2, -0.15) is 0 Å². The van der Waals surface area contributed by atoms with Gasteiger partial charge in [0.2, 0.25) is 0 Å². The molecule has 0 amide bonds. The molecule has 0 aliphatic carbocycles. The summed E-state index contributed by atoms with van der Waals surface area (Å²) in [5.41, 5.74) is 0. The van der Waals surface area contributed by atoms with Gasteiger partial charge in [0.05, 0.1) is 0 Å². The number of imidazole rings is 1. The number of rotatable bonds is 0. The van der Waals surface area contributed by atoms with Gasteiger partial charge in [-0.25, -0.2) is 4.73 Å². The summed E-state index contributed by atoms with van der Waals surface area (Å²) in [6, 6.07) is 0. The molecule has 0 aromatic carbocycles. The minimum atomic E-state index is 0.269. The van der Waals surface area contributed by atoms with Crippen molar-refractivity contribution < 1.29 is 9.94 Å². The van der Waals surface area contributed by atoms with Gasteiger partial charge >= 0.3 is 0 Å². The second kappa shape index (κ2) is 1.40. The Morgan fingerprint density at radius 3 is 2.62 bits per heavy atom. The summed E-state index contributed by atoms with van der Waals surface area (Å²) in [6.07, 6.45) is 2.51. The summed E-state index contributed by atoms with van der Waals surface area (Å²) in [7, 11) is 0. The summed E-state index contributed by atoms with van der Waals surface area (Å²) in [5, 5.41) is 19.0. The SMILES string of the molecule is Cc1n(O)cc[n+]1[O-]. The molecule has 1 N–H and O–H groups in total. The van der Waals surface area contributed by atoms with Crippen LogP contribution < -0.4 is 4.73 Å². The third kappa shape index (κ3) is 0.501. The Kier molecular flexibility index (Phi) is 0.865. The van der Waals surface area contributed by atoms with Crippen LogP contribution in [-0.2, 0) is 0 Å². The van der Waals surface area contributed by atoms with Crippen LogP contribution in [0.15, 0.2) is 12.4 Å². The van der Waals surface area contributed by atoms with E-state index in [1.807, 2.05) is 0 Å². The van der Waals surface area contributed by atoms with E-state index < -0.39 is 0 Å². The maximum atomic E-state index is 10.4. The summed E-state index contributed by atoms with van der Waals surface area (Å²) in [4.78, 5) is 0. The van der Waals surface area contributed by atoms with Crippen LogP contribution in [0.25, 0.3) is 0 Å². The minimum Gasteiger partial charge on any atom is -0.711 e. The lowest BCUT2D eigenvalue weighted by Gasteiger charge is -1.93. The number of nitrogens with zero attached hydrogens (tertiary/aromatic N) is 2. The molecule has 1 heterocycles. The lowest BCUT2D eigenvalue weighted by atomic mass is 10.7. The van der Waals surface area contributed by atoms with Crippen molar-refractivity contribution in [1.82, 2.24) is 4.73 Å². The van der Waals surface area contributed by atoms with Crippen LogP contribution in [-0.4, -0.2) is 9.94 Å². The molecular formula is C4H6N2O2. The van der Waals surface area contributed by atoms with E-state index in [2.05, 4.69) is 0 Å². The Balaban J connectivity index is 3.19. The molecule has 1 aromatic rings. The molecular weight excluding hydrogens is 108 g/mol. The molecule has 0 spiro atoms. The van der Waals surface area contributed by atoms with Crippen LogP contribution in [0, 0.1) is 12.1 Å². The van der Waals surface area contributed by atoms with Crippen molar-refractivity contribution in [2.75, 3.05) is 0 Å². The van der Waals surface area contributed by atoms with E-state index in [1.54, 1.807) is 0 Å². The zero-order chi connectivity index (χ0) is 6.15. The topological polar surface area (TPSA) is 52.1 Å². The maximum absolute atomic E-state index is 10.4. The molecule has 0 fully saturated rings. The standard InChI is InChI=1S/C4H6N2O2/c1-4-5(7)2-3-6(4)8/h2-3,7H,1H3. The molecule has 0 unspecified atom stereocenters. The molecule has 8 heavy (non-hydrogen) atoms. The Hall–Kier alpha value is -1.19. The van der Waals surface area contributed by atoms with E-state index in [0.29, 0.717) is 4.73 Å². The third-order valence-corrected chi connectivity index (χ3v) is 0.994. The van der Waals surface area contributed by atoms with E-state index in [0.717, 1.165) is 4.73 Å². The highest BCUT2D eigenvalue weighted by Crippen LogP contribution is 1.83. The molecule has 0 saturated heterocycles. The number of aromatic nitrogens is 2. The molecule has 4 heteroatoms. The molecule has 44 valence electrons. The molecule has 0 atom stereocenters. The molecule has 0 radical (unpaired) electrons. The van der Waals surface area contributed by atoms with Crippen LogP contribution >= 0.6 is 0 Å². The first-order valence-electron chi connectivity index (χ1n) is 2.18. The van der Waals surface area contributed by atoms with Gasteiger partial charge in [0.25, 0.3) is 5.82 Å². The average Bonchev–Trinajstić information content (AvgIpc) is 1.98. The highest BCUT2D eigenvalue weighted by Gasteiger charge is 2.01. The van der Waals surface area contributed by atoms with E-state index in [-0.39, 0.29) is 5.82 Å². The Labute approximate surface area is 46.1 Å². The Morgan fingerprint density at radius 2 is 2.50 bits per heavy atom. The smallest absolute Gasteiger partial charge is 0.296 e. The van der Waals surface area contributed by atoms with Gasteiger partial charge in [0.15, 0.2) is 6.20 Å². The van der Waals surface area contributed by atoms with E-state index in [9.17, 15) is 5.21 Å². The van der Waals surface area contributed by atoms with Gasteiger partial charge < -0.3 is 10.4 Å².